The second kappa shape index (κ2) is 7.17. The van der Waals surface area contributed by atoms with Crippen LogP contribution in [0.4, 0.5) is 4.39 Å². The van der Waals surface area contributed by atoms with Crippen molar-refractivity contribution in [3.8, 4) is 0 Å². The van der Waals surface area contributed by atoms with Gasteiger partial charge in [0, 0.05) is 5.54 Å². The van der Waals surface area contributed by atoms with Crippen LogP contribution in [0.1, 0.15) is 40.0 Å². The van der Waals surface area contributed by atoms with E-state index in [0.29, 0.717) is 17.4 Å². The van der Waals surface area contributed by atoms with Gasteiger partial charge in [0.1, 0.15) is 5.83 Å². The maximum Gasteiger partial charge on any atom is 0.126 e. The summed E-state index contributed by atoms with van der Waals surface area (Å²) in [7, 11) is 0. The molecular weight excluding hydrogens is 237 g/mol. The Kier molecular flexibility index (Phi) is 6.21. The second-order valence-corrected chi connectivity index (χ2v) is 5.11. The zero-order valence-electron chi connectivity index (χ0n) is 11.0. The van der Waals surface area contributed by atoms with Crippen LogP contribution in [0.2, 0.25) is 0 Å². The van der Waals surface area contributed by atoms with Crippen LogP contribution >= 0.6 is 11.6 Å². The Morgan fingerprint density at radius 1 is 1.41 bits per heavy atom. The van der Waals surface area contributed by atoms with E-state index in [1.807, 2.05) is 6.92 Å². The topological polar surface area (TPSA) is 12.0 Å². The normalized spacial score (nSPS) is 22.3. The largest absolute Gasteiger partial charge is 0.317 e. The summed E-state index contributed by atoms with van der Waals surface area (Å²) in [5.74, 6) is 0.837. The molecule has 98 valence electrons. The molecule has 0 bridgehead atoms. The van der Waals surface area contributed by atoms with Gasteiger partial charge >= 0.3 is 0 Å². The lowest BCUT2D eigenvalue weighted by molar-refractivity contribution is 0.279. The van der Waals surface area contributed by atoms with Crippen molar-refractivity contribution in [3.05, 3.63) is 22.5 Å². The number of halogens is 2. The Labute approximate surface area is 109 Å². The van der Waals surface area contributed by atoms with Gasteiger partial charge < -0.3 is 5.32 Å². The van der Waals surface area contributed by atoms with Gasteiger partial charge in [-0.3, -0.25) is 0 Å². The minimum absolute atomic E-state index is 0.120. The van der Waals surface area contributed by atoms with Gasteiger partial charge in [-0.25, -0.2) is 4.39 Å². The number of rotatable bonds is 4. The number of piperidine rings is 1. The maximum atomic E-state index is 14.1. The van der Waals surface area contributed by atoms with E-state index in [1.54, 1.807) is 6.92 Å². The Morgan fingerprint density at radius 2 is 2.00 bits per heavy atom. The SMILES string of the molecule is CCC(/C(C)=C(F)/C(C)=C/Cl)C1CCNCC1. The Balaban J connectivity index is 2.85. The summed E-state index contributed by atoms with van der Waals surface area (Å²) >= 11 is 5.58. The third-order valence-electron chi connectivity index (χ3n) is 3.80. The molecule has 1 heterocycles. The average Bonchev–Trinajstić information content (AvgIpc) is 2.38. The Morgan fingerprint density at radius 3 is 2.47 bits per heavy atom. The average molecular weight is 260 g/mol. The van der Waals surface area contributed by atoms with E-state index in [0.717, 1.165) is 37.9 Å². The third-order valence-corrected chi connectivity index (χ3v) is 4.13. The molecule has 1 N–H and O–H groups in total. The molecule has 0 aromatic rings. The molecular formula is C14H23ClFN. The summed E-state index contributed by atoms with van der Waals surface area (Å²) < 4.78 is 14.1. The van der Waals surface area contributed by atoms with Crippen LogP contribution in [0, 0.1) is 11.8 Å². The standard InChI is InChI=1S/C14H23ClFN/c1-4-13(12-5-7-17-8-6-12)11(3)14(16)10(2)9-15/h9,12-13,17H,4-8H2,1-3H3/b10-9+,14-11-. The highest BCUT2D eigenvalue weighted by molar-refractivity contribution is 6.25. The zero-order valence-corrected chi connectivity index (χ0v) is 11.8. The van der Waals surface area contributed by atoms with Gasteiger partial charge in [0.15, 0.2) is 0 Å². The number of allylic oxidation sites excluding steroid dienone is 3. The molecule has 1 aliphatic rings. The Bertz CT molecular complexity index is 303. The number of hydrogen-bond acceptors (Lipinski definition) is 1. The van der Waals surface area contributed by atoms with Crippen LogP contribution in [-0.2, 0) is 0 Å². The van der Waals surface area contributed by atoms with Crippen LogP contribution in [0.3, 0.4) is 0 Å². The van der Waals surface area contributed by atoms with E-state index in [9.17, 15) is 4.39 Å². The minimum atomic E-state index is -0.120. The molecule has 0 aliphatic carbocycles. The van der Waals surface area contributed by atoms with Crippen molar-refractivity contribution in [2.75, 3.05) is 13.1 Å². The van der Waals surface area contributed by atoms with Crippen molar-refractivity contribution in [1.29, 1.82) is 0 Å². The summed E-state index contributed by atoms with van der Waals surface area (Å²) in [4.78, 5) is 0. The van der Waals surface area contributed by atoms with E-state index in [2.05, 4.69) is 12.2 Å². The van der Waals surface area contributed by atoms with E-state index in [4.69, 9.17) is 11.6 Å². The molecule has 0 aromatic carbocycles. The molecule has 3 heteroatoms. The van der Waals surface area contributed by atoms with Gasteiger partial charge in [0.2, 0.25) is 0 Å². The smallest absolute Gasteiger partial charge is 0.126 e. The molecule has 1 nitrogen and oxygen atoms in total. The first kappa shape index (κ1) is 14.7. The van der Waals surface area contributed by atoms with Crippen LogP contribution in [0.5, 0.6) is 0 Å². The fraction of sp³-hybridized carbons (Fsp3) is 0.714. The zero-order chi connectivity index (χ0) is 12.8. The predicted molar refractivity (Wildman–Crippen MR) is 72.8 cm³/mol. The molecule has 1 saturated heterocycles. The second-order valence-electron chi connectivity index (χ2n) is 4.89. The van der Waals surface area contributed by atoms with Gasteiger partial charge in [-0.2, -0.15) is 0 Å². The van der Waals surface area contributed by atoms with Crippen LogP contribution in [-0.4, -0.2) is 13.1 Å². The summed E-state index contributed by atoms with van der Waals surface area (Å²) in [5, 5.41) is 3.35. The summed E-state index contributed by atoms with van der Waals surface area (Å²) in [6.07, 6.45) is 3.29. The van der Waals surface area contributed by atoms with Gasteiger partial charge in [-0.15, -0.1) is 0 Å². The quantitative estimate of drug-likeness (QED) is 0.738. The monoisotopic (exact) mass is 259 g/mol. The van der Waals surface area contributed by atoms with Gasteiger partial charge in [0.25, 0.3) is 0 Å². The van der Waals surface area contributed by atoms with Gasteiger partial charge in [0.05, 0.1) is 0 Å². The minimum Gasteiger partial charge on any atom is -0.317 e. The molecule has 1 atom stereocenters. The molecule has 1 aliphatic heterocycles. The van der Waals surface area contributed by atoms with Crippen molar-refractivity contribution >= 4 is 11.6 Å². The van der Waals surface area contributed by atoms with Gasteiger partial charge in [-0.05, 0) is 69.2 Å². The fourth-order valence-corrected chi connectivity index (χ4v) is 2.86. The van der Waals surface area contributed by atoms with Crippen molar-refractivity contribution in [2.45, 2.75) is 40.0 Å². The summed E-state index contributed by atoms with van der Waals surface area (Å²) in [6, 6.07) is 0. The van der Waals surface area contributed by atoms with E-state index < -0.39 is 0 Å². The van der Waals surface area contributed by atoms with Crippen LogP contribution in [0.15, 0.2) is 22.5 Å². The van der Waals surface area contributed by atoms with Crippen LogP contribution < -0.4 is 5.32 Å². The van der Waals surface area contributed by atoms with Gasteiger partial charge in [-0.1, -0.05) is 18.5 Å². The maximum absolute atomic E-state index is 14.1. The van der Waals surface area contributed by atoms with Crippen molar-refractivity contribution in [3.63, 3.8) is 0 Å². The first-order chi connectivity index (χ1) is 8.11. The number of hydrogen-bond donors (Lipinski definition) is 1. The molecule has 17 heavy (non-hydrogen) atoms. The molecule has 1 fully saturated rings. The van der Waals surface area contributed by atoms with Crippen LogP contribution in [0.25, 0.3) is 0 Å². The molecule has 0 spiro atoms. The molecule has 0 aromatic heterocycles. The fourth-order valence-electron chi connectivity index (χ4n) is 2.76. The lowest BCUT2D eigenvalue weighted by atomic mass is 9.78. The molecule has 1 unspecified atom stereocenters. The van der Waals surface area contributed by atoms with Crippen molar-refractivity contribution in [2.24, 2.45) is 11.8 Å². The first-order valence-corrected chi connectivity index (χ1v) is 6.89. The highest BCUT2D eigenvalue weighted by Gasteiger charge is 2.25. The Hall–Kier alpha value is -0.340. The first-order valence-electron chi connectivity index (χ1n) is 6.46. The highest BCUT2D eigenvalue weighted by atomic mass is 35.5. The predicted octanol–water partition coefficient (Wildman–Crippen LogP) is 4.40. The lowest BCUT2D eigenvalue weighted by Gasteiger charge is -2.31. The molecule has 0 radical (unpaired) electrons. The molecule has 0 amide bonds. The molecule has 0 saturated carbocycles. The van der Waals surface area contributed by atoms with E-state index in [-0.39, 0.29) is 5.83 Å². The van der Waals surface area contributed by atoms with E-state index in [1.165, 1.54) is 5.54 Å². The number of nitrogens with one attached hydrogen (secondary N) is 1. The summed E-state index contributed by atoms with van der Waals surface area (Å²) in [6.45, 7) is 7.89. The van der Waals surface area contributed by atoms with Crippen molar-refractivity contribution in [1.82, 2.24) is 5.32 Å². The lowest BCUT2D eigenvalue weighted by Crippen LogP contribution is -2.32. The van der Waals surface area contributed by atoms with E-state index >= 15 is 0 Å². The summed E-state index contributed by atoms with van der Waals surface area (Å²) in [5.41, 5.74) is 2.74. The molecule has 1 rings (SSSR count). The third kappa shape index (κ3) is 3.82. The highest BCUT2D eigenvalue weighted by Crippen LogP contribution is 2.34. The van der Waals surface area contributed by atoms with Crippen molar-refractivity contribution < 1.29 is 4.39 Å².